The Morgan fingerprint density at radius 1 is 0.871 bits per heavy atom. The summed E-state index contributed by atoms with van der Waals surface area (Å²) in [6.45, 7) is -0.156. The predicted octanol–water partition coefficient (Wildman–Crippen LogP) is 2.99. The average Bonchev–Trinajstić information content (AvgIpc) is 3.13. The number of anilines is 2. The van der Waals surface area contributed by atoms with Crippen LogP contribution in [-0.2, 0) is 30.8 Å². The molecule has 2 aliphatic rings. The molecule has 3 aromatic carbocycles. The maximum Gasteiger partial charge on any atom is 0.274 e. The van der Waals surface area contributed by atoms with E-state index in [2.05, 4.69) is 0 Å². The van der Waals surface area contributed by atoms with E-state index in [-0.39, 0.29) is 17.7 Å². The van der Waals surface area contributed by atoms with E-state index in [0.717, 1.165) is 4.90 Å². The molecule has 2 heterocycles. The molecule has 0 bridgehead atoms. The zero-order valence-corrected chi connectivity index (χ0v) is 17.0. The number of para-hydroxylation sites is 2. The van der Waals surface area contributed by atoms with Crippen molar-refractivity contribution in [1.82, 2.24) is 0 Å². The van der Waals surface area contributed by atoms with E-state index in [0.29, 0.717) is 11.4 Å². The van der Waals surface area contributed by atoms with Gasteiger partial charge in [-0.3, -0.25) is 14.5 Å². The molecule has 8 heteroatoms. The summed E-state index contributed by atoms with van der Waals surface area (Å²) in [5.41, 5.74) is 1.10. The molecule has 0 N–H and O–H groups in total. The Kier molecular flexibility index (Phi) is 4.23. The number of nitrogens with zero attached hydrogens (tertiary/aromatic N) is 2. The molecule has 0 aliphatic carbocycles. The van der Waals surface area contributed by atoms with E-state index in [1.54, 1.807) is 66.7 Å². The van der Waals surface area contributed by atoms with E-state index < -0.39 is 38.1 Å². The number of hydrogen-bond donors (Lipinski definition) is 0. The predicted molar refractivity (Wildman–Crippen MR) is 113 cm³/mol. The number of benzene rings is 3. The zero-order chi connectivity index (χ0) is 21.8. The second-order valence-corrected chi connectivity index (χ2v) is 9.58. The fourth-order valence-corrected chi connectivity index (χ4v) is 6.46. The molecular formula is C23H17FN2O4S. The third-order valence-corrected chi connectivity index (χ3v) is 7.83. The van der Waals surface area contributed by atoms with Crippen molar-refractivity contribution in [2.75, 3.05) is 15.6 Å². The van der Waals surface area contributed by atoms with Crippen molar-refractivity contribution in [3.63, 3.8) is 0 Å². The molecule has 2 amide bonds. The van der Waals surface area contributed by atoms with Crippen LogP contribution in [0.2, 0.25) is 0 Å². The summed E-state index contributed by atoms with van der Waals surface area (Å²) in [7, 11) is -4.24. The fourth-order valence-electron chi connectivity index (χ4n) is 4.42. The van der Waals surface area contributed by atoms with E-state index in [4.69, 9.17) is 0 Å². The Morgan fingerprint density at radius 3 is 2.26 bits per heavy atom. The van der Waals surface area contributed by atoms with Crippen molar-refractivity contribution in [2.45, 2.75) is 11.4 Å². The summed E-state index contributed by atoms with van der Waals surface area (Å²) >= 11 is 0. The molecule has 6 nitrogen and oxygen atoms in total. The summed E-state index contributed by atoms with van der Waals surface area (Å²) in [5.74, 6) is -2.75. The topological polar surface area (TPSA) is 74.8 Å². The lowest BCUT2D eigenvalue weighted by Crippen LogP contribution is -2.54. The van der Waals surface area contributed by atoms with Gasteiger partial charge in [0.05, 0.1) is 12.2 Å². The first-order valence-corrected chi connectivity index (χ1v) is 11.3. The zero-order valence-electron chi connectivity index (χ0n) is 16.2. The summed E-state index contributed by atoms with van der Waals surface area (Å²) in [6.07, 6.45) is 0. The highest BCUT2D eigenvalue weighted by Gasteiger charge is 2.69. The molecule has 2 aliphatic heterocycles. The molecule has 1 atom stereocenters. The van der Waals surface area contributed by atoms with Gasteiger partial charge < -0.3 is 4.90 Å². The minimum Gasteiger partial charge on any atom is -0.304 e. The first-order valence-electron chi connectivity index (χ1n) is 9.63. The van der Waals surface area contributed by atoms with Gasteiger partial charge in [-0.2, -0.15) is 0 Å². The number of carbonyl (C=O) groups excluding carboxylic acids is 2. The van der Waals surface area contributed by atoms with Crippen LogP contribution in [0.15, 0.2) is 78.9 Å². The van der Waals surface area contributed by atoms with Gasteiger partial charge in [0.15, 0.2) is 9.84 Å². The van der Waals surface area contributed by atoms with Gasteiger partial charge in [0.1, 0.15) is 11.6 Å². The molecule has 31 heavy (non-hydrogen) atoms. The first kappa shape index (κ1) is 19.4. The van der Waals surface area contributed by atoms with Crippen LogP contribution >= 0.6 is 0 Å². The van der Waals surface area contributed by atoms with Crippen LogP contribution in [-0.4, -0.2) is 26.0 Å². The van der Waals surface area contributed by atoms with Crippen LogP contribution in [0.1, 0.15) is 11.1 Å². The van der Waals surface area contributed by atoms with Crippen LogP contribution in [0.3, 0.4) is 0 Å². The van der Waals surface area contributed by atoms with Crippen LogP contribution in [0.25, 0.3) is 0 Å². The van der Waals surface area contributed by atoms with Gasteiger partial charge in [0.25, 0.3) is 10.8 Å². The van der Waals surface area contributed by atoms with Gasteiger partial charge in [0.2, 0.25) is 5.91 Å². The molecule has 0 aromatic heterocycles. The van der Waals surface area contributed by atoms with E-state index in [1.807, 2.05) is 0 Å². The van der Waals surface area contributed by atoms with Gasteiger partial charge in [-0.25, -0.2) is 12.8 Å². The monoisotopic (exact) mass is 436 g/mol. The molecule has 1 saturated heterocycles. The Balaban J connectivity index is 1.75. The number of rotatable bonds is 3. The minimum absolute atomic E-state index is 0.156. The quantitative estimate of drug-likeness (QED) is 0.633. The SMILES string of the molecule is O=C1CS(=O)(=O)[C@@]2(C(=O)N(Cc3ccccc3F)c3ccccc32)N1c1ccccc1. The van der Waals surface area contributed by atoms with Crippen molar-refractivity contribution in [3.05, 3.63) is 95.8 Å². The third kappa shape index (κ3) is 2.58. The molecule has 0 unspecified atom stereocenters. The highest BCUT2D eigenvalue weighted by Crippen LogP contribution is 2.52. The van der Waals surface area contributed by atoms with Crippen molar-refractivity contribution in [2.24, 2.45) is 0 Å². The molecule has 3 aromatic rings. The summed E-state index contributed by atoms with van der Waals surface area (Å²) in [4.78, 5) is 26.9. The molecule has 5 rings (SSSR count). The molecule has 0 radical (unpaired) electrons. The number of amides is 2. The highest BCUT2D eigenvalue weighted by molar-refractivity contribution is 7.94. The number of halogens is 1. The molecule has 1 spiro atoms. The largest absolute Gasteiger partial charge is 0.304 e. The van der Waals surface area contributed by atoms with Crippen LogP contribution in [0.4, 0.5) is 15.8 Å². The Hall–Kier alpha value is -3.52. The fraction of sp³-hybridized carbons (Fsp3) is 0.130. The summed E-state index contributed by atoms with van der Waals surface area (Å²) in [6, 6.07) is 20.7. The summed E-state index contributed by atoms with van der Waals surface area (Å²) in [5, 5.41) is 0. The number of carbonyl (C=O) groups is 2. The number of fused-ring (bicyclic) bond motifs is 2. The standard InChI is InChI=1S/C23H17FN2O4S/c24-19-12-6-4-8-16(19)14-25-20-13-7-5-11-18(20)23(22(25)28)26(17-9-2-1-3-10-17)21(27)15-31(23,29)30/h1-13H,14-15H2/t23-/m0/s1. The van der Waals surface area contributed by atoms with Crippen molar-refractivity contribution >= 4 is 33.0 Å². The van der Waals surface area contributed by atoms with Gasteiger partial charge in [-0.05, 0) is 24.3 Å². The van der Waals surface area contributed by atoms with E-state index >= 15 is 0 Å². The van der Waals surface area contributed by atoms with Crippen molar-refractivity contribution in [3.8, 4) is 0 Å². The van der Waals surface area contributed by atoms with E-state index in [1.165, 1.54) is 17.0 Å². The van der Waals surface area contributed by atoms with Crippen LogP contribution in [0.5, 0.6) is 0 Å². The lowest BCUT2D eigenvalue weighted by atomic mass is 10.0. The molecule has 156 valence electrons. The minimum atomic E-state index is -4.24. The summed E-state index contributed by atoms with van der Waals surface area (Å²) < 4.78 is 41.2. The Bertz CT molecular complexity index is 1330. The van der Waals surface area contributed by atoms with Gasteiger partial charge in [-0.15, -0.1) is 0 Å². The second kappa shape index (κ2) is 6.75. The lowest BCUT2D eigenvalue weighted by molar-refractivity contribution is -0.123. The smallest absolute Gasteiger partial charge is 0.274 e. The van der Waals surface area contributed by atoms with Crippen LogP contribution < -0.4 is 9.80 Å². The molecule has 1 fully saturated rings. The van der Waals surface area contributed by atoms with Gasteiger partial charge >= 0.3 is 0 Å². The number of hydrogen-bond acceptors (Lipinski definition) is 4. The Morgan fingerprint density at radius 2 is 1.52 bits per heavy atom. The maximum atomic E-state index is 14.3. The van der Waals surface area contributed by atoms with Gasteiger partial charge in [-0.1, -0.05) is 54.6 Å². The number of sulfone groups is 1. The molecule has 0 saturated carbocycles. The average molecular weight is 436 g/mol. The normalized spacial score (nSPS) is 21.7. The molecular weight excluding hydrogens is 419 g/mol. The highest BCUT2D eigenvalue weighted by atomic mass is 32.2. The maximum absolute atomic E-state index is 14.3. The Labute approximate surface area is 178 Å². The first-order chi connectivity index (χ1) is 14.9. The third-order valence-electron chi connectivity index (χ3n) is 5.72. The van der Waals surface area contributed by atoms with Gasteiger partial charge in [0, 0.05) is 16.8 Å². The lowest BCUT2D eigenvalue weighted by Gasteiger charge is -2.32. The van der Waals surface area contributed by atoms with Crippen LogP contribution in [0, 0.1) is 5.82 Å². The second-order valence-electron chi connectivity index (χ2n) is 7.47. The van der Waals surface area contributed by atoms with Crippen molar-refractivity contribution < 1.29 is 22.4 Å². The van der Waals surface area contributed by atoms with E-state index in [9.17, 15) is 22.4 Å². The van der Waals surface area contributed by atoms with Crippen molar-refractivity contribution in [1.29, 1.82) is 0 Å².